The van der Waals surface area contributed by atoms with E-state index in [2.05, 4.69) is 9.97 Å². The quantitative estimate of drug-likeness (QED) is 0.713. The lowest BCUT2D eigenvalue weighted by molar-refractivity contribution is 0.0726. The lowest BCUT2D eigenvalue weighted by Gasteiger charge is -2.28. The summed E-state index contributed by atoms with van der Waals surface area (Å²) < 4.78 is 19.6. The summed E-state index contributed by atoms with van der Waals surface area (Å²) in [6, 6.07) is 14.7. The number of benzene rings is 2. The number of nitrogens with zero attached hydrogens (tertiary/aromatic N) is 3. The molecule has 1 aliphatic rings. The van der Waals surface area contributed by atoms with Crippen molar-refractivity contribution < 1.29 is 13.9 Å². The van der Waals surface area contributed by atoms with E-state index in [-0.39, 0.29) is 24.0 Å². The second-order valence-electron chi connectivity index (χ2n) is 6.37. The first-order valence-electron chi connectivity index (χ1n) is 8.75. The Bertz CT molecular complexity index is 945. The van der Waals surface area contributed by atoms with E-state index in [0.717, 1.165) is 11.1 Å². The van der Waals surface area contributed by atoms with Gasteiger partial charge in [0, 0.05) is 18.7 Å². The first-order valence-corrected chi connectivity index (χ1v) is 8.75. The summed E-state index contributed by atoms with van der Waals surface area (Å²) in [4.78, 5) is 22.6. The van der Waals surface area contributed by atoms with Gasteiger partial charge in [-0.25, -0.2) is 14.4 Å². The van der Waals surface area contributed by atoms with Gasteiger partial charge < -0.3 is 9.64 Å². The third-order valence-corrected chi connectivity index (χ3v) is 4.58. The molecule has 0 saturated heterocycles. The molecule has 2 aromatic carbocycles. The summed E-state index contributed by atoms with van der Waals surface area (Å²) in [5.74, 6) is -0.183. The van der Waals surface area contributed by atoms with Crippen molar-refractivity contribution in [3.63, 3.8) is 0 Å². The summed E-state index contributed by atoms with van der Waals surface area (Å²) in [6.07, 6.45) is 3.47. The average Bonchev–Trinajstić information content (AvgIpc) is 2.73. The molecule has 2 heterocycles. The molecule has 0 saturated carbocycles. The van der Waals surface area contributed by atoms with Crippen molar-refractivity contribution in [1.29, 1.82) is 0 Å². The van der Waals surface area contributed by atoms with E-state index >= 15 is 0 Å². The first-order chi connectivity index (χ1) is 13.2. The zero-order chi connectivity index (χ0) is 18.6. The maximum Gasteiger partial charge on any atom is 0.274 e. The molecule has 136 valence electrons. The predicted molar refractivity (Wildman–Crippen MR) is 97.7 cm³/mol. The molecule has 0 unspecified atom stereocenters. The number of fused-ring (bicyclic) bond motifs is 1. The van der Waals surface area contributed by atoms with Gasteiger partial charge >= 0.3 is 0 Å². The van der Waals surface area contributed by atoms with Crippen LogP contribution in [0.4, 0.5) is 4.39 Å². The minimum Gasteiger partial charge on any atom is -0.472 e. The van der Waals surface area contributed by atoms with Crippen molar-refractivity contribution >= 4 is 5.91 Å². The highest BCUT2D eigenvalue weighted by Crippen LogP contribution is 2.22. The Morgan fingerprint density at radius 1 is 1.07 bits per heavy atom. The number of hydrogen-bond acceptors (Lipinski definition) is 4. The molecule has 6 heteroatoms. The predicted octanol–water partition coefficient (Wildman–Crippen LogP) is 3.39. The summed E-state index contributed by atoms with van der Waals surface area (Å²) in [5.41, 5.74) is 2.78. The molecule has 4 rings (SSSR count). The van der Waals surface area contributed by atoms with Gasteiger partial charge in [-0.05, 0) is 23.6 Å². The Hall–Kier alpha value is -3.28. The lowest BCUT2D eigenvalue weighted by atomic mass is 9.99. The van der Waals surface area contributed by atoms with Crippen LogP contribution in [0.2, 0.25) is 0 Å². The molecular formula is C21H18FN3O2. The van der Waals surface area contributed by atoms with Gasteiger partial charge in [-0.2, -0.15) is 0 Å². The average molecular weight is 363 g/mol. The molecule has 1 amide bonds. The largest absolute Gasteiger partial charge is 0.472 e. The van der Waals surface area contributed by atoms with Gasteiger partial charge in [0.05, 0.1) is 12.4 Å². The topological polar surface area (TPSA) is 55.3 Å². The second kappa shape index (κ2) is 7.53. The van der Waals surface area contributed by atoms with Crippen LogP contribution in [0.25, 0.3) is 0 Å². The molecular weight excluding hydrogens is 345 g/mol. The van der Waals surface area contributed by atoms with E-state index < -0.39 is 0 Å². The SMILES string of the molecule is O=C(c1cnc(OCc2ccccc2)cn1)N1CCc2cccc(F)c2C1. The fourth-order valence-corrected chi connectivity index (χ4v) is 3.11. The number of rotatable bonds is 4. The van der Waals surface area contributed by atoms with Crippen molar-refractivity contribution in [2.24, 2.45) is 0 Å². The van der Waals surface area contributed by atoms with E-state index in [0.29, 0.717) is 31.0 Å². The molecule has 0 atom stereocenters. The monoisotopic (exact) mass is 363 g/mol. The van der Waals surface area contributed by atoms with Crippen LogP contribution in [0.15, 0.2) is 60.9 Å². The van der Waals surface area contributed by atoms with Gasteiger partial charge in [-0.15, -0.1) is 0 Å². The summed E-state index contributed by atoms with van der Waals surface area (Å²) in [7, 11) is 0. The Labute approximate surface area is 156 Å². The summed E-state index contributed by atoms with van der Waals surface area (Å²) >= 11 is 0. The number of halogens is 1. The van der Waals surface area contributed by atoms with E-state index in [9.17, 15) is 9.18 Å². The van der Waals surface area contributed by atoms with Crippen LogP contribution in [-0.2, 0) is 19.6 Å². The highest BCUT2D eigenvalue weighted by atomic mass is 19.1. The molecule has 0 bridgehead atoms. The first kappa shape index (κ1) is 17.1. The summed E-state index contributed by atoms with van der Waals surface area (Å²) in [6.45, 7) is 1.16. The molecule has 0 radical (unpaired) electrons. The molecule has 5 nitrogen and oxygen atoms in total. The second-order valence-corrected chi connectivity index (χ2v) is 6.37. The molecule has 0 spiro atoms. The minimum atomic E-state index is -0.277. The van der Waals surface area contributed by atoms with Gasteiger partial charge in [-0.3, -0.25) is 4.79 Å². The lowest BCUT2D eigenvalue weighted by Crippen LogP contribution is -2.36. The van der Waals surface area contributed by atoms with Crippen LogP contribution < -0.4 is 4.74 Å². The van der Waals surface area contributed by atoms with Crippen molar-refractivity contribution in [1.82, 2.24) is 14.9 Å². The van der Waals surface area contributed by atoms with E-state index in [1.807, 2.05) is 36.4 Å². The summed E-state index contributed by atoms with van der Waals surface area (Å²) in [5, 5.41) is 0. The third kappa shape index (κ3) is 3.79. The van der Waals surface area contributed by atoms with Crippen LogP contribution in [0.5, 0.6) is 5.88 Å². The smallest absolute Gasteiger partial charge is 0.274 e. The van der Waals surface area contributed by atoms with Crippen molar-refractivity contribution in [3.05, 3.63) is 89.1 Å². The van der Waals surface area contributed by atoms with E-state index in [1.165, 1.54) is 18.5 Å². The maximum atomic E-state index is 14.0. The highest BCUT2D eigenvalue weighted by Gasteiger charge is 2.24. The van der Waals surface area contributed by atoms with Crippen LogP contribution in [-0.4, -0.2) is 27.3 Å². The molecule has 3 aromatic rings. The fourth-order valence-electron chi connectivity index (χ4n) is 3.11. The number of amides is 1. The van der Waals surface area contributed by atoms with Gasteiger partial charge in [0.1, 0.15) is 18.1 Å². The molecule has 27 heavy (non-hydrogen) atoms. The maximum absolute atomic E-state index is 14.0. The van der Waals surface area contributed by atoms with Gasteiger partial charge in [0.2, 0.25) is 5.88 Å². The number of aromatic nitrogens is 2. The molecule has 1 aliphatic heterocycles. The van der Waals surface area contributed by atoms with Gasteiger partial charge in [-0.1, -0.05) is 42.5 Å². The molecule has 0 fully saturated rings. The Morgan fingerprint density at radius 2 is 1.93 bits per heavy atom. The number of hydrogen-bond donors (Lipinski definition) is 0. The standard InChI is InChI=1S/C21H18FN3O2/c22-18-8-4-7-16-9-10-25(13-17(16)18)21(26)19-11-24-20(12-23-19)27-14-15-5-2-1-3-6-15/h1-8,11-12H,9-10,13-14H2. The van der Waals surface area contributed by atoms with Crippen molar-refractivity contribution in [3.8, 4) is 5.88 Å². The minimum absolute atomic E-state index is 0.224. The highest BCUT2D eigenvalue weighted by molar-refractivity contribution is 5.92. The van der Waals surface area contributed by atoms with E-state index in [4.69, 9.17) is 4.74 Å². The molecule has 0 aliphatic carbocycles. The number of carbonyl (C=O) groups excluding carboxylic acids is 1. The Kier molecular flexibility index (Phi) is 4.78. The number of ether oxygens (including phenoxy) is 1. The van der Waals surface area contributed by atoms with Crippen molar-refractivity contribution in [2.75, 3.05) is 6.54 Å². The van der Waals surface area contributed by atoms with Gasteiger partial charge in [0.15, 0.2) is 0 Å². The normalized spacial score (nSPS) is 13.1. The van der Waals surface area contributed by atoms with Crippen LogP contribution in [0.3, 0.4) is 0 Å². The van der Waals surface area contributed by atoms with E-state index in [1.54, 1.807) is 11.0 Å². The number of carbonyl (C=O) groups is 1. The van der Waals surface area contributed by atoms with Crippen LogP contribution >= 0.6 is 0 Å². The fraction of sp³-hybridized carbons (Fsp3) is 0.190. The zero-order valence-electron chi connectivity index (χ0n) is 14.6. The third-order valence-electron chi connectivity index (χ3n) is 4.58. The Balaban J connectivity index is 1.41. The van der Waals surface area contributed by atoms with Crippen LogP contribution in [0, 0.1) is 5.82 Å². The zero-order valence-corrected chi connectivity index (χ0v) is 14.6. The molecule has 1 aromatic heterocycles. The molecule has 0 N–H and O–H groups in total. The van der Waals surface area contributed by atoms with Crippen molar-refractivity contribution in [2.45, 2.75) is 19.6 Å². The van der Waals surface area contributed by atoms with Gasteiger partial charge in [0.25, 0.3) is 5.91 Å². The Morgan fingerprint density at radius 3 is 2.70 bits per heavy atom. The van der Waals surface area contributed by atoms with Crippen LogP contribution in [0.1, 0.15) is 27.2 Å².